The van der Waals surface area contributed by atoms with Crippen molar-refractivity contribution in [1.82, 2.24) is 4.98 Å². The second kappa shape index (κ2) is 8.23. The number of nitrogens with zero attached hydrogens (tertiary/aromatic N) is 1. The molecule has 1 amide bonds. The van der Waals surface area contributed by atoms with E-state index in [0.717, 1.165) is 58.4 Å². The van der Waals surface area contributed by atoms with Crippen LogP contribution >= 0.6 is 0 Å². The van der Waals surface area contributed by atoms with Gasteiger partial charge in [-0.25, -0.2) is 0 Å². The third kappa shape index (κ3) is 3.38. The largest absolute Gasteiger partial charge is 0.361 e. The molecule has 3 aliphatic rings. The first-order chi connectivity index (χ1) is 17.7. The van der Waals surface area contributed by atoms with E-state index >= 15 is 0 Å². The summed E-state index contributed by atoms with van der Waals surface area (Å²) >= 11 is 0. The smallest absolute Gasteiger partial charge is 0.231 e. The number of para-hydroxylation sites is 3. The molecular weight excluding hydrogens is 446 g/mol. The number of anilines is 2. The Hall–Kier alpha value is -4.12. The summed E-state index contributed by atoms with van der Waals surface area (Å²) in [6.45, 7) is 0. The fourth-order valence-electron chi connectivity index (χ4n) is 5.94. The summed E-state index contributed by atoms with van der Waals surface area (Å²) in [5.74, 6) is 0.329. The first kappa shape index (κ1) is 21.2. The number of carbonyl (C=O) groups is 2. The fourth-order valence-corrected chi connectivity index (χ4v) is 5.94. The van der Waals surface area contributed by atoms with Crippen LogP contribution in [0.2, 0.25) is 0 Å². The summed E-state index contributed by atoms with van der Waals surface area (Å²) in [5, 5.41) is 4.67. The zero-order chi connectivity index (χ0) is 24.2. The molecule has 2 aliphatic carbocycles. The number of fused-ring (bicyclic) bond motifs is 2. The lowest BCUT2D eigenvalue weighted by atomic mass is 9.78. The van der Waals surface area contributed by atoms with Crippen molar-refractivity contribution in [2.24, 2.45) is 5.92 Å². The van der Waals surface area contributed by atoms with Crippen molar-refractivity contribution < 1.29 is 9.59 Å². The molecule has 1 aliphatic heterocycles. The van der Waals surface area contributed by atoms with Crippen LogP contribution < -0.4 is 10.2 Å². The minimum absolute atomic E-state index is 0.0173. The van der Waals surface area contributed by atoms with Gasteiger partial charge in [-0.1, -0.05) is 60.7 Å². The molecular formula is C31H27N3O2. The van der Waals surface area contributed by atoms with E-state index in [-0.39, 0.29) is 23.5 Å². The Balaban J connectivity index is 1.46. The van der Waals surface area contributed by atoms with Crippen LogP contribution in [0.4, 0.5) is 11.4 Å². The Kier molecular flexibility index (Phi) is 4.84. The average Bonchev–Trinajstić information content (AvgIpc) is 3.70. The van der Waals surface area contributed by atoms with Crippen molar-refractivity contribution in [3.05, 3.63) is 107 Å². The Morgan fingerprint density at radius 3 is 2.44 bits per heavy atom. The van der Waals surface area contributed by atoms with E-state index in [1.54, 1.807) is 0 Å². The topological polar surface area (TPSA) is 65.2 Å². The minimum Gasteiger partial charge on any atom is -0.361 e. The summed E-state index contributed by atoms with van der Waals surface area (Å²) in [4.78, 5) is 33.3. The van der Waals surface area contributed by atoms with E-state index in [4.69, 9.17) is 0 Å². The number of Topliss-reactive ketones (excluding diaryl/α,β-unsaturated/α-hetero) is 1. The molecule has 36 heavy (non-hydrogen) atoms. The molecule has 0 unspecified atom stereocenters. The summed E-state index contributed by atoms with van der Waals surface area (Å²) < 4.78 is 0. The van der Waals surface area contributed by atoms with Crippen molar-refractivity contribution in [2.45, 2.75) is 37.6 Å². The Labute approximate surface area is 209 Å². The van der Waals surface area contributed by atoms with Crippen molar-refractivity contribution >= 4 is 34.0 Å². The highest BCUT2D eigenvalue weighted by Crippen LogP contribution is 2.50. The van der Waals surface area contributed by atoms with Crippen molar-refractivity contribution in [1.29, 1.82) is 0 Å². The van der Waals surface area contributed by atoms with Crippen LogP contribution in [0.5, 0.6) is 0 Å². The molecule has 2 N–H and O–H groups in total. The van der Waals surface area contributed by atoms with E-state index in [9.17, 15) is 9.59 Å². The molecule has 5 nitrogen and oxygen atoms in total. The molecule has 7 rings (SSSR count). The molecule has 1 saturated carbocycles. The lowest BCUT2D eigenvalue weighted by Crippen LogP contribution is -2.39. The van der Waals surface area contributed by atoms with Crippen molar-refractivity contribution in [3.63, 3.8) is 0 Å². The molecule has 0 bridgehead atoms. The highest BCUT2D eigenvalue weighted by Gasteiger charge is 2.45. The third-order valence-electron chi connectivity index (χ3n) is 7.84. The lowest BCUT2D eigenvalue weighted by Gasteiger charge is -2.35. The molecule has 0 spiro atoms. The predicted molar refractivity (Wildman–Crippen MR) is 142 cm³/mol. The number of hydrogen-bond acceptors (Lipinski definition) is 3. The van der Waals surface area contributed by atoms with Crippen LogP contribution in [0.15, 0.2) is 96.3 Å². The number of aromatic amines is 1. The SMILES string of the molecule is O=C1C[C@@H](c2ccccc2)CC2=C1[C@@H](c1c[nH]c3ccccc13)N(C(=O)C1CC1)c1ccccc1N2. The molecule has 4 aromatic rings. The number of nitrogens with one attached hydrogen (secondary N) is 2. The summed E-state index contributed by atoms with van der Waals surface area (Å²) in [5.41, 5.74) is 6.50. The summed E-state index contributed by atoms with van der Waals surface area (Å²) in [7, 11) is 0. The Morgan fingerprint density at radius 1 is 0.861 bits per heavy atom. The van der Waals surface area contributed by atoms with Crippen LogP contribution in [0, 0.1) is 5.92 Å². The van der Waals surface area contributed by atoms with Gasteiger partial charge in [0.1, 0.15) is 0 Å². The molecule has 178 valence electrons. The second-order valence-electron chi connectivity index (χ2n) is 10.1. The van der Waals surface area contributed by atoms with Gasteiger partial charge in [-0.05, 0) is 48.9 Å². The molecule has 5 heteroatoms. The summed E-state index contributed by atoms with van der Waals surface area (Å²) in [6.07, 6.45) is 4.95. The fraction of sp³-hybridized carbons (Fsp3) is 0.226. The third-order valence-corrected chi connectivity index (χ3v) is 7.84. The van der Waals surface area contributed by atoms with Crippen LogP contribution in [0.25, 0.3) is 10.9 Å². The van der Waals surface area contributed by atoms with Gasteiger partial charge in [0.2, 0.25) is 5.91 Å². The number of hydrogen-bond donors (Lipinski definition) is 2. The van der Waals surface area contributed by atoms with Crippen LogP contribution in [-0.2, 0) is 9.59 Å². The first-order valence-corrected chi connectivity index (χ1v) is 12.8. The van der Waals surface area contributed by atoms with Gasteiger partial charge in [-0.15, -0.1) is 0 Å². The van der Waals surface area contributed by atoms with E-state index in [1.807, 2.05) is 71.8 Å². The minimum atomic E-state index is -0.482. The van der Waals surface area contributed by atoms with Gasteiger partial charge < -0.3 is 10.3 Å². The van der Waals surface area contributed by atoms with Gasteiger partial charge in [0, 0.05) is 46.3 Å². The van der Waals surface area contributed by atoms with E-state index < -0.39 is 6.04 Å². The van der Waals surface area contributed by atoms with Crippen LogP contribution in [0.3, 0.4) is 0 Å². The zero-order valence-electron chi connectivity index (χ0n) is 19.9. The first-order valence-electron chi connectivity index (χ1n) is 12.8. The molecule has 2 atom stereocenters. The highest BCUT2D eigenvalue weighted by molar-refractivity contribution is 6.08. The van der Waals surface area contributed by atoms with Gasteiger partial charge in [0.25, 0.3) is 0 Å². The van der Waals surface area contributed by atoms with Gasteiger partial charge in [-0.3, -0.25) is 14.5 Å². The van der Waals surface area contributed by atoms with Gasteiger partial charge in [0.05, 0.1) is 17.4 Å². The number of aromatic nitrogens is 1. The van der Waals surface area contributed by atoms with Gasteiger partial charge >= 0.3 is 0 Å². The predicted octanol–water partition coefficient (Wildman–Crippen LogP) is 6.48. The molecule has 1 fully saturated rings. The second-order valence-corrected chi connectivity index (χ2v) is 10.1. The van der Waals surface area contributed by atoms with E-state index in [2.05, 4.69) is 28.5 Å². The van der Waals surface area contributed by atoms with Gasteiger partial charge in [-0.2, -0.15) is 0 Å². The number of amides is 1. The Morgan fingerprint density at radius 2 is 1.61 bits per heavy atom. The van der Waals surface area contributed by atoms with Crippen molar-refractivity contribution in [3.8, 4) is 0 Å². The standard InChI is InChI=1S/C31H27N3O2/c35-28-17-21(19-8-2-1-3-9-19)16-26-29(28)30(23-18-32-24-11-5-4-10-22(23)24)34(31(36)20-14-15-20)27-13-7-6-12-25(27)33-26/h1-13,18,20-21,30,32-33H,14-17H2/t21-,30+/m0/s1. The maximum atomic E-state index is 14.1. The normalized spacial score (nSPS) is 21.6. The van der Waals surface area contributed by atoms with Crippen molar-refractivity contribution in [2.75, 3.05) is 10.2 Å². The van der Waals surface area contributed by atoms with E-state index in [0.29, 0.717) is 6.42 Å². The quantitative estimate of drug-likeness (QED) is 0.358. The molecule has 1 aromatic heterocycles. The monoisotopic (exact) mass is 473 g/mol. The molecule has 0 saturated heterocycles. The maximum absolute atomic E-state index is 14.1. The molecule has 2 heterocycles. The lowest BCUT2D eigenvalue weighted by molar-refractivity contribution is -0.120. The number of benzene rings is 3. The number of carbonyl (C=O) groups excluding carboxylic acids is 2. The highest BCUT2D eigenvalue weighted by atomic mass is 16.2. The zero-order valence-corrected chi connectivity index (χ0v) is 19.9. The van der Waals surface area contributed by atoms with Crippen LogP contribution in [-0.4, -0.2) is 16.7 Å². The molecule has 3 aromatic carbocycles. The van der Waals surface area contributed by atoms with E-state index in [1.165, 1.54) is 5.56 Å². The summed E-state index contributed by atoms with van der Waals surface area (Å²) in [6, 6.07) is 25.9. The number of rotatable bonds is 3. The number of ketones is 1. The van der Waals surface area contributed by atoms with Gasteiger partial charge in [0.15, 0.2) is 5.78 Å². The Bertz CT molecular complexity index is 1530. The average molecular weight is 474 g/mol. The number of allylic oxidation sites excluding steroid dienone is 1. The maximum Gasteiger partial charge on any atom is 0.231 e. The van der Waals surface area contributed by atoms with Crippen LogP contribution in [0.1, 0.15) is 48.8 Å². The molecule has 0 radical (unpaired) electrons. The number of H-pyrrole nitrogens is 1.